The molecule has 1 aromatic carbocycles. The van der Waals surface area contributed by atoms with E-state index in [0.717, 1.165) is 6.07 Å². The summed E-state index contributed by atoms with van der Waals surface area (Å²) in [7, 11) is 1.21. The maximum Gasteiger partial charge on any atom is 0.311 e. The van der Waals surface area contributed by atoms with Gasteiger partial charge in [0.1, 0.15) is 0 Å². The van der Waals surface area contributed by atoms with Crippen LogP contribution < -0.4 is 0 Å². The van der Waals surface area contributed by atoms with Gasteiger partial charge in [0.05, 0.1) is 18.5 Å². The van der Waals surface area contributed by atoms with E-state index in [0.29, 0.717) is 0 Å². The summed E-state index contributed by atoms with van der Waals surface area (Å²) >= 11 is 0. The van der Waals surface area contributed by atoms with Gasteiger partial charge in [-0.15, -0.1) is 0 Å². The fraction of sp³-hybridized carbons (Fsp3) is 0.222. The largest absolute Gasteiger partial charge is 0.502 e. The second-order valence-electron chi connectivity index (χ2n) is 2.79. The first-order chi connectivity index (χ1) is 7.06. The highest BCUT2D eigenvalue weighted by molar-refractivity contribution is 5.74. The first-order valence-electron chi connectivity index (χ1n) is 4.08. The quantitative estimate of drug-likeness (QED) is 0.458. The number of nitro groups is 1. The Labute approximate surface area is 85.2 Å². The molecule has 1 rings (SSSR count). The van der Waals surface area contributed by atoms with Gasteiger partial charge in [-0.25, -0.2) is 0 Å². The summed E-state index contributed by atoms with van der Waals surface area (Å²) in [6.45, 7) is 0. The minimum absolute atomic E-state index is 0.177. The number of methoxy groups -OCH3 is 1. The van der Waals surface area contributed by atoms with Crippen LogP contribution in [0.4, 0.5) is 5.69 Å². The van der Waals surface area contributed by atoms with Gasteiger partial charge in [0, 0.05) is 11.6 Å². The van der Waals surface area contributed by atoms with E-state index in [4.69, 9.17) is 0 Å². The molecule has 0 aliphatic carbocycles. The number of esters is 1. The van der Waals surface area contributed by atoms with Crippen molar-refractivity contribution in [1.29, 1.82) is 0 Å². The van der Waals surface area contributed by atoms with E-state index in [1.54, 1.807) is 0 Å². The van der Waals surface area contributed by atoms with Crippen molar-refractivity contribution in [2.45, 2.75) is 6.42 Å². The molecule has 0 saturated carbocycles. The molecule has 0 saturated heterocycles. The van der Waals surface area contributed by atoms with E-state index in [1.165, 1.54) is 19.2 Å². The van der Waals surface area contributed by atoms with Gasteiger partial charge in [-0.05, 0) is 0 Å². The van der Waals surface area contributed by atoms with E-state index in [-0.39, 0.29) is 12.0 Å². The molecule has 0 aromatic heterocycles. The number of carbonyl (C=O) groups excluding carboxylic acids is 1. The van der Waals surface area contributed by atoms with Gasteiger partial charge >= 0.3 is 11.7 Å². The molecule has 0 radical (unpaired) electrons. The standard InChI is InChI=1S/C9H9NO5/c1-15-8(11)5-6-3-2-4-7(9(6)12)10(13)14/h2-4,12H,5H2,1H3. The smallest absolute Gasteiger partial charge is 0.311 e. The zero-order valence-corrected chi connectivity index (χ0v) is 7.97. The van der Waals surface area contributed by atoms with E-state index in [1.807, 2.05) is 0 Å². The maximum atomic E-state index is 10.9. The highest BCUT2D eigenvalue weighted by Crippen LogP contribution is 2.29. The number of hydrogen-bond donors (Lipinski definition) is 1. The molecule has 15 heavy (non-hydrogen) atoms. The minimum Gasteiger partial charge on any atom is -0.502 e. The molecule has 0 bridgehead atoms. The molecule has 1 N–H and O–H groups in total. The summed E-state index contributed by atoms with van der Waals surface area (Å²) in [5.41, 5.74) is -0.243. The topological polar surface area (TPSA) is 89.7 Å². The predicted molar refractivity (Wildman–Crippen MR) is 50.5 cm³/mol. The van der Waals surface area contributed by atoms with E-state index in [9.17, 15) is 20.0 Å². The van der Waals surface area contributed by atoms with Crippen LogP contribution in [0.15, 0.2) is 18.2 Å². The third kappa shape index (κ3) is 2.43. The summed E-state index contributed by atoms with van der Waals surface area (Å²) < 4.78 is 4.39. The Bertz CT molecular complexity index is 401. The number of carbonyl (C=O) groups is 1. The van der Waals surface area contributed by atoms with Crippen molar-refractivity contribution in [3.8, 4) is 5.75 Å². The van der Waals surface area contributed by atoms with Crippen molar-refractivity contribution in [3.63, 3.8) is 0 Å². The molecule has 0 aliphatic rings. The number of benzene rings is 1. The Balaban J connectivity index is 3.04. The Kier molecular flexibility index (Phi) is 3.22. The fourth-order valence-corrected chi connectivity index (χ4v) is 1.10. The van der Waals surface area contributed by atoms with Crippen LogP contribution in [0.25, 0.3) is 0 Å². The van der Waals surface area contributed by atoms with Gasteiger partial charge in [0.15, 0.2) is 5.75 Å². The van der Waals surface area contributed by atoms with Crippen molar-refractivity contribution in [3.05, 3.63) is 33.9 Å². The normalized spacial score (nSPS) is 9.67. The van der Waals surface area contributed by atoms with Crippen LogP contribution in [0.5, 0.6) is 5.75 Å². The third-order valence-corrected chi connectivity index (χ3v) is 1.86. The van der Waals surface area contributed by atoms with E-state index >= 15 is 0 Å². The average molecular weight is 211 g/mol. The van der Waals surface area contributed by atoms with Crippen molar-refractivity contribution in [2.75, 3.05) is 7.11 Å². The second-order valence-corrected chi connectivity index (χ2v) is 2.79. The third-order valence-electron chi connectivity index (χ3n) is 1.86. The number of nitro benzene ring substituents is 1. The van der Waals surface area contributed by atoms with Crippen LogP contribution in [0.1, 0.15) is 5.56 Å². The number of nitrogens with zero attached hydrogens (tertiary/aromatic N) is 1. The predicted octanol–water partition coefficient (Wildman–Crippen LogP) is 1.02. The highest BCUT2D eigenvalue weighted by Gasteiger charge is 2.17. The summed E-state index contributed by atoms with van der Waals surface area (Å²) in [5.74, 6) is -1.06. The van der Waals surface area contributed by atoms with Gasteiger partial charge < -0.3 is 9.84 Å². The SMILES string of the molecule is COC(=O)Cc1cccc([N+](=O)[O-])c1O. The number of phenols is 1. The Hall–Kier alpha value is -2.11. The molecule has 0 unspecified atom stereocenters. The number of rotatable bonds is 3. The van der Waals surface area contributed by atoms with Crippen LogP contribution >= 0.6 is 0 Å². The highest BCUT2D eigenvalue weighted by atomic mass is 16.6. The number of phenolic OH excluding ortho intramolecular Hbond substituents is 1. The lowest BCUT2D eigenvalue weighted by atomic mass is 10.1. The van der Waals surface area contributed by atoms with Gasteiger partial charge in [0.2, 0.25) is 0 Å². The van der Waals surface area contributed by atoms with Gasteiger partial charge in [-0.3, -0.25) is 14.9 Å². The molecule has 6 nitrogen and oxygen atoms in total. The first-order valence-corrected chi connectivity index (χ1v) is 4.08. The maximum absolute atomic E-state index is 10.9. The van der Waals surface area contributed by atoms with Crippen LogP contribution in [0.2, 0.25) is 0 Å². The Morgan fingerprint density at radius 1 is 1.60 bits per heavy atom. The molecular formula is C9H9NO5. The Morgan fingerprint density at radius 2 is 2.27 bits per heavy atom. The first kappa shape index (κ1) is 11.0. The lowest BCUT2D eigenvalue weighted by Gasteiger charge is -2.03. The molecule has 1 aromatic rings. The van der Waals surface area contributed by atoms with Crippen molar-refractivity contribution in [1.82, 2.24) is 0 Å². The number of ether oxygens (including phenoxy) is 1. The summed E-state index contributed by atoms with van der Waals surface area (Å²) in [5, 5.41) is 19.9. The molecule has 0 amide bonds. The molecule has 0 aliphatic heterocycles. The van der Waals surface area contributed by atoms with Crippen molar-refractivity contribution < 1.29 is 19.6 Å². The second kappa shape index (κ2) is 4.41. The van der Waals surface area contributed by atoms with Crippen LogP contribution in [0.3, 0.4) is 0 Å². The number of hydrogen-bond acceptors (Lipinski definition) is 5. The number of para-hydroxylation sites is 1. The van der Waals surface area contributed by atoms with Crippen LogP contribution in [-0.2, 0) is 16.0 Å². The van der Waals surface area contributed by atoms with E-state index < -0.39 is 22.3 Å². The zero-order valence-electron chi connectivity index (χ0n) is 7.97. The van der Waals surface area contributed by atoms with Crippen molar-refractivity contribution >= 4 is 11.7 Å². The molecule has 0 spiro atoms. The van der Waals surface area contributed by atoms with Gasteiger partial charge in [-0.1, -0.05) is 12.1 Å². The Morgan fingerprint density at radius 3 is 2.80 bits per heavy atom. The van der Waals surface area contributed by atoms with Crippen molar-refractivity contribution in [2.24, 2.45) is 0 Å². The lowest BCUT2D eigenvalue weighted by Crippen LogP contribution is -2.05. The van der Waals surface area contributed by atoms with Crippen LogP contribution in [-0.4, -0.2) is 23.1 Å². The fourth-order valence-electron chi connectivity index (χ4n) is 1.10. The summed E-state index contributed by atoms with van der Waals surface area (Å²) in [4.78, 5) is 20.7. The molecule has 0 heterocycles. The summed E-state index contributed by atoms with van der Waals surface area (Å²) in [6.07, 6.45) is -0.190. The zero-order chi connectivity index (χ0) is 11.4. The molecule has 0 fully saturated rings. The van der Waals surface area contributed by atoms with Gasteiger partial charge in [-0.2, -0.15) is 0 Å². The number of aromatic hydroxyl groups is 1. The lowest BCUT2D eigenvalue weighted by molar-refractivity contribution is -0.385. The molecule has 80 valence electrons. The van der Waals surface area contributed by atoms with Crippen LogP contribution in [0, 0.1) is 10.1 Å². The molecular weight excluding hydrogens is 202 g/mol. The average Bonchev–Trinajstić information content (AvgIpc) is 2.20. The monoisotopic (exact) mass is 211 g/mol. The summed E-state index contributed by atoms with van der Waals surface area (Å²) in [6, 6.07) is 3.99. The van der Waals surface area contributed by atoms with Gasteiger partial charge in [0.25, 0.3) is 0 Å². The van der Waals surface area contributed by atoms with E-state index in [2.05, 4.69) is 4.74 Å². The minimum atomic E-state index is -0.712. The molecule has 0 atom stereocenters. The molecule has 6 heteroatoms.